The highest BCUT2D eigenvalue weighted by atomic mass is 16.1. The molecule has 5 heteroatoms. The zero-order valence-electron chi connectivity index (χ0n) is 16.4. The van der Waals surface area contributed by atoms with Crippen LogP contribution >= 0.6 is 0 Å². The zero-order valence-corrected chi connectivity index (χ0v) is 16.4. The molecule has 0 saturated heterocycles. The first-order valence-electron chi connectivity index (χ1n) is 9.17. The molecule has 0 unspecified atom stereocenters. The van der Waals surface area contributed by atoms with E-state index < -0.39 is 0 Å². The summed E-state index contributed by atoms with van der Waals surface area (Å²) in [6.45, 7) is 6.52. The summed E-state index contributed by atoms with van der Waals surface area (Å²) in [7, 11) is 0. The van der Waals surface area contributed by atoms with Crippen molar-refractivity contribution in [3.8, 4) is 0 Å². The third-order valence-electron chi connectivity index (χ3n) is 4.46. The minimum Gasteiger partial charge on any atom is -0.326 e. The number of nitrogens with one attached hydrogen (secondary N) is 2. The molecule has 0 aliphatic rings. The van der Waals surface area contributed by atoms with Crippen molar-refractivity contribution in [3.63, 3.8) is 0 Å². The third kappa shape index (κ3) is 5.27. The van der Waals surface area contributed by atoms with Crippen LogP contribution in [-0.2, 0) is 6.54 Å². The van der Waals surface area contributed by atoms with Crippen LogP contribution in [0.25, 0.3) is 0 Å². The first kappa shape index (κ1) is 19.3. The van der Waals surface area contributed by atoms with Crippen LogP contribution in [0.15, 0.2) is 72.0 Å². The number of hydrogen-bond acceptors (Lipinski definition) is 3. The van der Waals surface area contributed by atoms with Gasteiger partial charge in [-0.15, -0.1) is 0 Å². The molecule has 0 fully saturated rings. The predicted molar refractivity (Wildman–Crippen MR) is 114 cm³/mol. The third-order valence-corrected chi connectivity index (χ3v) is 4.46. The maximum absolute atomic E-state index is 12.6. The molecule has 2 aromatic carbocycles. The van der Waals surface area contributed by atoms with E-state index in [-0.39, 0.29) is 5.91 Å². The zero-order chi connectivity index (χ0) is 19.9. The molecular formula is C23H24N4O. The second-order valence-electron chi connectivity index (χ2n) is 6.77. The number of anilines is 1. The molecular weight excluding hydrogens is 348 g/mol. The van der Waals surface area contributed by atoms with Crippen LogP contribution < -0.4 is 10.6 Å². The number of hydrogen-bond donors (Lipinski definition) is 2. The van der Waals surface area contributed by atoms with Gasteiger partial charge in [-0.3, -0.25) is 15.1 Å². The predicted octanol–water partition coefficient (Wildman–Crippen LogP) is 4.40. The fourth-order valence-corrected chi connectivity index (χ4v) is 2.61. The van der Waals surface area contributed by atoms with Crippen LogP contribution in [0.3, 0.4) is 0 Å². The van der Waals surface area contributed by atoms with Crippen molar-refractivity contribution in [2.45, 2.75) is 27.3 Å². The van der Waals surface area contributed by atoms with Gasteiger partial charge in [-0.1, -0.05) is 29.8 Å². The van der Waals surface area contributed by atoms with Crippen LogP contribution in [-0.4, -0.2) is 16.9 Å². The topological polar surface area (TPSA) is 66.4 Å². The van der Waals surface area contributed by atoms with E-state index in [9.17, 15) is 4.79 Å². The minimum atomic E-state index is -0.207. The smallest absolute Gasteiger partial charge is 0.257 e. The first-order valence-corrected chi connectivity index (χ1v) is 9.17. The molecule has 28 heavy (non-hydrogen) atoms. The lowest BCUT2D eigenvalue weighted by Crippen LogP contribution is -2.36. The summed E-state index contributed by atoms with van der Waals surface area (Å²) >= 11 is 0. The van der Waals surface area contributed by atoms with Crippen molar-refractivity contribution in [2.24, 2.45) is 4.99 Å². The maximum atomic E-state index is 12.6. The quantitative estimate of drug-likeness (QED) is 0.527. The van der Waals surface area contributed by atoms with Gasteiger partial charge in [0, 0.05) is 23.6 Å². The Morgan fingerprint density at radius 3 is 2.46 bits per heavy atom. The van der Waals surface area contributed by atoms with Crippen LogP contribution in [0.5, 0.6) is 0 Å². The van der Waals surface area contributed by atoms with E-state index in [0.29, 0.717) is 18.1 Å². The number of guanidine groups is 1. The summed E-state index contributed by atoms with van der Waals surface area (Å²) < 4.78 is 0. The van der Waals surface area contributed by atoms with Gasteiger partial charge in [0.15, 0.2) is 0 Å². The Balaban J connectivity index is 1.81. The number of aliphatic imine (C=N–C) groups is 1. The molecule has 5 nitrogen and oxygen atoms in total. The molecule has 0 saturated carbocycles. The molecule has 3 rings (SSSR count). The molecule has 0 aliphatic carbocycles. The Kier molecular flexibility index (Phi) is 6.17. The highest BCUT2D eigenvalue weighted by Crippen LogP contribution is 2.14. The van der Waals surface area contributed by atoms with Crippen LogP contribution in [0, 0.1) is 20.8 Å². The van der Waals surface area contributed by atoms with Crippen LogP contribution in [0.2, 0.25) is 0 Å². The summed E-state index contributed by atoms with van der Waals surface area (Å²) in [5.41, 5.74) is 5.91. The molecule has 1 heterocycles. The van der Waals surface area contributed by atoms with Crippen LogP contribution in [0.1, 0.15) is 32.6 Å². The fraction of sp³-hybridized carbons (Fsp3) is 0.174. The number of aromatic nitrogens is 1. The Labute approximate surface area is 165 Å². The minimum absolute atomic E-state index is 0.207. The molecule has 0 aliphatic heterocycles. The summed E-state index contributed by atoms with van der Waals surface area (Å²) in [6.07, 6.45) is 3.49. The number of nitrogens with zero attached hydrogens (tertiary/aromatic N) is 2. The van der Waals surface area contributed by atoms with Crippen molar-refractivity contribution in [3.05, 3.63) is 94.8 Å². The average Bonchev–Trinajstić information content (AvgIpc) is 2.70. The summed E-state index contributed by atoms with van der Waals surface area (Å²) in [4.78, 5) is 21.3. The lowest BCUT2D eigenvalue weighted by Gasteiger charge is -2.13. The Hall–Kier alpha value is -3.47. The van der Waals surface area contributed by atoms with Crippen molar-refractivity contribution >= 4 is 17.6 Å². The van der Waals surface area contributed by atoms with Crippen molar-refractivity contribution in [2.75, 3.05) is 5.32 Å². The number of carbonyl (C=O) groups excluding carboxylic acids is 1. The maximum Gasteiger partial charge on any atom is 0.257 e. The summed E-state index contributed by atoms with van der Waals surface area (Å²) in [5.74, 6) is 0.193. The number of benzene rings is 2. The van der Waals surface area contributed by atoms with Gasteiger partial charge in [0.1, 0.15) is 0 Å². The van der Waals surface area contributed by atoms with Gasteiger partial charge < -0.3 is 5.32 Å². The lowest BCUT2D eigenvalue weighted by molar-refractivity contribution is 0.0977. The van der Waals surface area contributed by atoms with Gasteiger partial charge in [-0.05, 0) is 67.8 Å². The fourth-order valence-electron chi connectivity index (χ4n) is 2.61. The molecule has 0 spiro atoms. The Bertz CT molecular complexity index is 979. The van der Waals surface area contributed by atoms with Crippen molar-refractivity contribution in [1.29, 1.82) is 0 Å². The second-order valence-corrected chi connectivity index (χ2v) is 6.77. The molecule has 142 valence electrons. The van der Waals surface area contributed by atoms with E-state index in [1.54, 1.807) is 24.5 Å². The molecule has 2 N–H and O–H groups in total. The number of pyridine rings is 1. The molecule has 0 radical (unpaired) electrons. The number of aryl methyl sites for hydroxylation is 3. The molecule has 1 aromatic heterocycles. The second kappa shape index (κ2) is 8.95. The van der Waals surface area contributed by atoms with Gasteiger partial charge in [-0.25, -0.2) is 4.99 Å². The van der Waals surface area contributed by atoms with E-state index in [1.807, 2.05) is 49.4 Å². The molecule has 1 amide bonds. The first-order chi connectivity index (χ1) is 13.5. The van der Waals surface area contributed by atoms with Gasteiger partial charge in [0.05, 0.1) is 6.54 Å². The van der Waals surface area contributed by atoms with E-state index >= 15 is 0 Å². The molecule has 0 bridgehead atoms. The Morgan fingerprint density at radius 2 is 1.79 bits per heavy atom. The number of rotatable bonds is 4. The number of amides is 1. The van der Waals surface area contributed by atoms with Gasteiger partial charge >= 0.3 is 0 Å². The van der Waals surface area contributed by atoms with E-state index in [1.165, 1.54) is 11.1 Å². The lowest BCUT2D eigenvalue weighted by atomic mass is 10.1. The monoisotopic (exact) mass is 372 g/mol. The van der Waals surface area contributed by atoms with E-state index in [2.05, 4.69) is 34.5 Å². The normalized spacial score (nSPS) is 11.2. The van der Waals surface area contributed by atoms with Crippen molar-refractivity contribution in [1.82, 2.24) is 10.3 Å². The van der Waals surface area contributed by atoms with E-state index in [0.717, 1.165) is 16.8 Å². The Morgan fingerprint density at radius 1 is 1.00 bits per heavy atom. The highest BCUT2D eigenvalue weighted by Gasteiger charge is 2.10. The molecule has 0 atom stereocenters. The summed E-state index contributed by atoms with van der Waals surface area (Å²) in [6, 6.07) is 17.3. The summed E-state index contributed by atoms with van der Waals surface area (Å²) in [5, 5.41) is 6.11. The largest absolute Gasteiger partial charge is 0.326 e. The molecule has 3 aromatic rings. The van der Waals surface area contributed by atoms with Crippen LogP contribution in [0.4, 0.5) is 5.69 Å². The van der Waals surface area contributed by atoms with Crippen molar-refractivity contribution < 1.29 is 4.79 Å². The standard InChI is InChI=1S/C23H24N4O/c1-16-6-9-20(10-7-16)22(28)27-23(25-15-19-5-4-12-24-14-19)26-21-11-8-17(2)18(3)13-21/h4-14H,15H2,1-3H3,(H2,25,26,27,28). The average molecular weight is 372 g/mol. The number of carbonyl (C=O) groups is 1. The van der Waals surface area contributed by atoms with Gasteiger partial charge in [0.25, 0.3) is 5.91 Å². The van der Waals surface area contributed by atoms with Gasteiger partial charge in [0.2, 0.25) is 5.96 Å². The SMILES string of the molecule is Cc1ccc(C(=O)NC(=NCc2cccnc2)Nc2ccc(C)c(C)c2)cc1. The highest BCUT2D eigenvalue weighted by molar-refractivity contribution is 6.10. The van der Waals surface area contributed by atoms with Gasteiger partial charge in [-0.2, -0.15) is 0 Å². The van der Waals surface area contributed by atoms with E-state index in [4.69, 9.17) is 0 Å².